The van der Waals surface area contributed by atoms with Gasteiger partial charge in [0.25, 0.3) is 0 Å². The van der Waals surface area contributed by atoms with Crippen LogP contribution < -0.4 is 9.79 Å². The zero-order valence-electron chi connectivity index (χ0n) is 40.0. The van der Waals surface area contributed by atoms with E-state index in [0.29, 0.717) is 6.42 Å². The average Bonchev–Trinajstić information content (AvgIpc) is 3.10. The minimum atomic E-state index is -4.34. The Labute approximate surface area is 349 Å². The van der Waals surface area contributed by atoms with Crippen LogP contribution in [0.4, 0.5) is 0 Å². The molecule has 0 radical (unpaired) electrons. The lowest BCUT2D eigenvalue weighted by Gasteiger charge is -2.36. The predicted molar refractivity (Wildman–Crippen MR) is 246 cm³/mol. The first-order chi connectivity index (χ1) is 26.1. The summed E-state index contributed by atoms with van der Waals surface area (Å²) in [5.74, 6) is 0. The molecular formula is C49H107N2O3P. The van der Waals surface area contributed by atoms with Crippen molar-refractivity contribution in [3.63, 3.8) is 0 Å². The molecule has 0 aliphatic heterocycles. The molecule has 336 valence electrons. The Bertz CT molecular complexity index is 720. The molecule has 6 heteroatoms. The van der Waals surface area contributed by atoms with Gasteiger partial charge in [-0.25, -0.2) is 0 Å². The van der Waals surface area contributed by atoms with E-state index in [-0.39, 0.29) is 0 Å². The van der Waals surface area contributed by atoms with Gasteiger partial charge in [0.05, 0.1) is 55.4 Å². The van der Waals surface area contributed by atoms with Gasteiger partial charge in [-0.2, -0.15) is 0 Å². The van der Waals surface area contributed by atoms with Gasteiger partial charge in [-0.3, -0.25) is 0 Å². The monoisotopic (exact) mass is 803 g/mol. The van der Waals surface area contributed by atoms with Crippen LogP contribution in [0, 0.1) is 0 Å². The maximum Gasteiger partial charge on any atom is 0.0780 e. The average molecular weight is 803 g/mol. The minimum Gasteiger partial charge on any atom is -0.811 e. The van der Waals surface area contributed by atoms with E-state index in [0.717, 1.165) is 21.8 Å². The molecule has 0 aromatic heterocycles. The summed E-state index contributed by atoms with van der Waals surface area (Å²) >= 11 is 0. The summed E-state index contributed by atoms with van der Waals surface area (Å²) in [7, 11) is 9.40. The van der Waals surface area contributed by atoms with Crippen molar-refractivity contribution < 1.29 is 23.3 Å². The van der Waals surface area contributed by atoms with Gasteiger partial charge in [-0.05, 0) is 37.8 Å². The molecule has 0 spiro atoms. The van der Waals surface area contributed by atoms with E-state index in [4.69, 9.17) is 0 Å². The van der Waals surface area contributed by atoms with Gasteiger partial charge in [-0.15, -0.1) is 0 Å². The number of hydrogen-bond donors (Lipinski definition) is 0. The van der Waals surface area contributed by atoms with E-state index < -0.39 is 13.3 Å². The largest absolute Gasteiger partial charge is 0.811 e. The minimum absolute atomic E-state index is 0.529. The van der Waals surface area contributed by atoms with Crippen LogP contribution in [-0.4, -0.2) is 70.0 Å². The summed E-state index contributed by atoms with van der Waals surface area (Å²) < 4.78 is 13.0. The van der Waals surface area contributed by atoms with Crippen molar-refractivity contribution in [2.45, 2.75) is 265 Å². The standard InChI is InChI=1S/2C17H38N.C15H33O3P/c2*1-5-6-7-8-9-10-11-12-13-14-15-16-17-18(2,3)4;1-3-4-5-6-7-8-9-10-11-12-13-14-15(2)19(16,17)18/h2*5-17H2,1-4H3;15H,3-14H2,1-2H3,(H2,16,17,18)/q2*+1;/p-2. The number of quaternary nitrogens is 2. The van der Waals surface area contributed by atoms with E-state index >= 15 is 0 Å². The molecule has 0 aromatic carbocycles. The van der Waals surface area contributed by atoms with Gasteiger partial charge < -0.3 is 23.3 Å². The van der Waals surface area contributed by atoms with Crippen LogP contribution in [0.25, 0.3) is 0 Å². The van der Waals surface area contributed by atoms with Crippen molar-refractivity contribution in [1.82, 2.24) is 0 Å². The van der Waals surface area contributed by atoms with Gasteiger partial charge >= 0.3 is 0 Å². The molecule has 0 heterocycles. The van der Waals surface area contributed by atoms with Crippen molar-refractivity contribution in [3.05, 3.63) is 0 Å². The Balaban J connectivity index is -0.000000738. The third kappa shape index (κ3) is 60.9. The molecule has 0 bridgehead atoms. The van der Waals surface area contributed by atoms with Crippen molar-refractivity contribution >= 4 is 7.60 Å². The lowest BCUT2D eigenvalue weighted by Crippen LogP contribution is -2.35. The lowest BCUT2D eigenvalue weighted by atomic mass is 10.0. The van der Waals surface area contributed by atoms with Crippen molar-refractivity contribution in [2.24, 2.45) is 0 Å². The molecule has 0 saturated carbocycles. The SMILES string of the molecule is CCCCCCCCCCCCCC(C)P(=O)([O-])[O-].CCCCCCCCCCCCCC[N+](C)(C)C.CCCCCCCCCCCCCC[N+](C)(C)C. The first-order valence-corrected chi connectivity index (χ1v) is 26.3. The maximum atomic E-state index is 10.7. The lowest BCUT2D eigenvalue weighted by molar-refractivity contribution is -0.870. The zero-order valence-corrected chi connectivity index (χ0v) is 40.9. The van der Waals surface area contributed by atoms with Gasteiger partial charge in [0.2, 0.25) is 0 Å². The summed E-state index contributed by atoms with van der Waals surface area (Å²) in [6, 6.07) is 0. The Morgan fingerprint density at radius 3 is 0.709 bits per heavy atom. The third-order valence-corrected chi connectivity index (χ3v) is 12.5. The highest BCUT2D eigenvalue weighted by Crippen LogP contribution is 2.34. The molecule has 0 rings (SSSR count). The van der Waals surface area contributed by atoms with E-state index in [1.165, 1.54) is 232 Å². The third-order valence-electron chi connectivity index (χ3n) is 11.1. The van der Waals surface area contributed by atoms with Crippen LogP contribution in [0.5, 0.6) is 0 Å². The van der Waals surface area contributed by atoms with Crippen LogP contribution in [-0.2, 0) is 4.57 Å². The van der Waals surface area contributed by atoms with Crippen LogP contribution in [0.3, 0.4) is 0 Å². The van der Waals surface area contributed by atoms with Crippen molar-refractivity contribution in [2.75, 3.05) is 55.4 Å². The first-order valence-electron chi connectivity index (χ1n) is 24.7. The molecule has 5 nitrogen and oxygen atoms in total. The highest BCUT2D eigenvalue weighted by molar-refractivity contribution is 7.49. The normalized spacial score (nSPS) is 12.6. The van der Waals surface area contributed by atoms with Crippen LogP contribution >= 0.6 is 7.60 Å². The van der Waals surface area contributed by atoms with E-state index in [9.17, 15) is 14.4 Å². The summed E-state index contributed by atoms with van der Waals surface area (Å²) in [6.07, 6.45) is 49.0. The fraction of sp³-hybridized carbons (Fsp3) is 1.00. The number of hydrogen-bond acceptors (Lipinski definition) is 3. The Hall–Kier alpha value is 0.0700. The van der Waals surface area contributed by atoms with E-state index in [1.807, 2.05) is 0 Å². The molecule has 55 heavy (non-hydrogen) atoms. The van der Waals surface area contributed by atoms with E-state index in [1.54, 1.807) is 0 Å². The summed E-state index contributed by atoms with van der Waals surface area (Å²) in [5.41, 5.74) is -0.689. The number of nitrogens with zero attached hydrogens (tertiary/aromatic N) is 2. The van der Waals surface area contributed by atoms with Crippen LogP contribution in [0.1, 0.15) is 259 Å². The van der Waals surface area contributed by atoms with Gasteiger partial charge in [-0.1, -0.05) is 234 Å². The smallest absolute Gasteiger partial charge is 0.0780 e. The molecule has 0 aliphatic rings. The first kappa shape index (κ1) is 59.4. The second kappa shape index (κ2) is 43.6. The molecule has 0 fully saturated rings. The quantitative estimate of drug-likeness (QED) is 0.0353. The van der Waals surface area contributed by atoms with Crippen LogP contribution in [0.15, 0.2) is 0 Å². The number of unbranched alkanes of at least 4 members (excludes halogenated alkanes) is 32. The fourth-order valence-electron chi connectivity index (χ4n) is 7.12. The Morgan fingerprint density at radius 1 is 0.345 bits per heavy atom. The number of rotatable bonds is 39. The molecule has 0 amide bonds. The molecule has 0 aliphatic carbocycles. The molecule has 1 unspecified atom stereocenters. The molecule has 0 aromatic rings. The topological polar surface area (TPSA) is 63.2 Å². The predicted octanol–water partition coefficient (Wildman–Crippen LogP) is 14.8. The molecule has 0 N–H and O–H groups in total. The fourth-order valence-corrected chi connectivity index (χ4v) is 7.62. The van der Waals surface area contributed by atoms with Crippen molar-refractivity contribution in [3.8, 4) is 0 Å². The van der Waals surface area contributed by atoms with Gasteiger partial charge in [0.15, 0.2) is 0 Å². The highest BCUT2D eigenvalue weighted by Gasteiger charge is 2.07. The second-order valence-electron chi connectivity index (χ2n) is 19.5. The molecule has 1 atom stereocenters. The van der Waals surface area contributed by atoms with Crippen molar-refractivity contribution in [1.29, 1.82) is 0 Å². The summed E-state index contributed by atoms with van der Waals surface area (Å²) in [5, 5.41) is 0. The Morgan fingerprint density at radius 2 is 0.527 bits per heavy atom. The highest BCUT2D eigenvalue weighted by atomic mass is 31.2. The summed E-state index contributed by atoms with van der Waals surface area (Å²) in [4.78, 5) is 21.4. The molecular weight excluding hydrogens is 696 g/mol. The van der Waals surface area contributed by atoms with Crippen LogP contribution in [0.2, 0.25) is 0 Å². The van der Waals surface area contributed by atoms with E-state index in [2.05, 4.69) is 63.1 Å². The van der Waals surface area contributed by atoms with Gasteiger partial charge in [0, 0.05) is 0 Å². The maximum absolute atomic E-state index is 10.7. The Kier molecular flexibility index (Phi) is 47.1. The molecule has 0 saturated heterocycles. The van der Waals surface area contributed by atoms with Gasteiger partial charge in [0.1, 0.15) is 0 Å². The second-order valence-corrected chi connectivity index (χ2v) is 21.5. The zero-order chi connectivity index (χ0) is 41.9. The summed E-state index contributed by atoms with van der Waals surface area (Å²) in [6.45, 7) is 11.0.